The highest BCUT2D eigenvalue weighted by molar-refractivity contribution is 6.14. The van der Waals surface area contributed by atoms with E-state index in [1.54, 1.807) is 24.3 Å². The van der Waals surface area contributed by atoms with Gasteiger partial charge < -0.3 is 13.9 Å². The number of Topliss-reactive ketones (excluding diaryl/α,β-unsaturated/α-hetero) is 1. The molecule has 4 rings (SSSR count). The third kappa shape index (κ3) is 2.97. The predicted molar refractivity (Wildman–Crippen MR) is 88.8 cm³/mol. The molecule has 0 spiro atoms. The molecular formula is C20H12F2O4. The summed E-state index contributed by atoms with van der Waals surface area (Å²) in [5.41, 5.74) is 0.218. The molecule has 0 saturated carbocycles. The van der Waals surface area contributed by atoms with Crippen LogP contribution >= 0.6 is 0 Å². The molecule has 0 amide bonds. The lowest BCUT2D eigenvalue weighted by atomic mass is 10.1. The van der Waals surface area contributed by atoms with Crippen LogP contribution in [0.5, 0.6) is 11.5 Å². The van der Waals surface area contributed by atoms with Crippen LogP contribution in [0.25, 0.3) is 6.08 Å². The Morgan fingerprint density at radius 2 is 1.85 bits per heavy atom. The summed E-state index contributed by atoms with van der Waals surface area (Å²) in [6, 6.07) is 11.6. The monoisotopic (exact) mass is 354 g/mol. The topological polar surface area (TPSA) is 48.7 Å². The van der Waals surface area contributed by atoms with Gasteiger partial charge in [-0.05, 0) is 36.4 Å². The first-order chi connectivity index (χ1) is 12.6. The van der Waals surface area contributed by atoms with E-state index in [1.807, 2.05) is 0 Å². The molecule has 0 atom stereocenters. The van der Waals surface area contributed by atoms with Crippen LogP contribution in [0, 0.1) is 11.6 Å². The van der Waals surface area contributed by atoms with Crippen LogP contribution in [-0.2, 0) is 6.61 Å². The molecule has 2 aromatic carbocycles. The van der Waals surface area contributed by atoms with Gasteiger partial charge in [0.15, 0.2) is 5.76 Å². The van der Waals surface area contributed by atoms with E-state index in [9.17, 15) is 13.6 Å². The molecule has 0 unspecified atom stereocenters. The Balaban J connectivity index is 1.54. The number of furan rings is 1. The number of rotatable bonds is 4. The number of halogens is 2. The molecule has 3 aromatic rings. The van der Waals surface area contributed by atoms with Crippen LogP contribution in [0.15, 0.2) is 65.0 Å². The first kappa shape index (κ1) is 16.1. The Kier molecular flexibility index (Phi) is 4.01. The molecule has 1 aliphatic heterocycles. The average Bonchev–Trinajstić information content (AvgIpc) is 3.23. The Bertz CT molecular complexity index is 986. The summed E-state index contributed by atoms with van der Waals surface area (Å²) in [6.07, 6.45) is 2.99. The molecule has 0 fully saturated rings. The maximum atomic E-state index is 13.6. The van der Waals surface area contributed by atoms with Crippen LogP contribution in [0.4, 0.5) is 8.78 Å². The van der Waals surface area contributed by atoms with Crippen LogP contribution < -0.4 is 9.47 Å². The minimum Gasteiger partial charge on any atom is -0.489 e. The summed E-state index contributed by atoms with van der Waals surface area (Å²) in [7, 11) is 0. The number of hydrogen-bond acceptors (Lipinski definition) is 4. The highest BCUT2D eigenvalue weighted by Crippen LogP contribution is 2.35. The standard InChI is InChI=1S/C20H12F2O4/c21-16-4-1-5-17(22)15(16)11-25-13-6-7-14-18(9-13)26-19(20(14)23)10-12-3-2-8-24-12/h1-10H,11H2/b19-10-. The molecule has 2 heterocycles. The van der Waals surface area contributed by atoms with Gasteiger partial charge in [-0.1, -0.05) is 6.07 Å². The molecule has 4 nitrogen and oxygen atoms in total. The Morgan fingerprint density at radius 3 is 2.58 bits per heavy atom. The van der Waals surface area contributed by atoms with Gasteiger partial charge >= 0.3 is 0 Å². The highest BCUT2D eigenvalue weighted by atomic mass is 19.1. The minimum atomic E-state index is -0.679. The number of ketones is 1. The van der Waals surface area contributed by atoms with Crippen molar-refractivity contribution in [3.63, 3.8) is 0 Å². The lowest BCUT2D eigenvalue weighted by Crippen LogP contribution is -2.01. The smallest absolute Gasteiger partial charge is 0.232 e. The van der Waals surface area contributed by atoms with Crippen molar-refractivity contribution in [1.29, 1.82) is 0 Å². The highest BCUT2D eigenvalue weighted by Gasteiger charge is 2.28. The van der Waals surface area contributed by atoms with Crippen molar-refractivity contribution < 1.29 is 27.5 Å². The van der Waals surface area contributed by atoms with Gasteiger partial charge in [-0.15, -0.1) is 0 Å². The molecule has 0 aliphatic carbocycles. The third-order valence-electron chi connectivity index (χ3n) is 3.90. The number of carbonyl (C=O) groups is 1. The lowest BCUT2D eigenvalue weighted by Gasteiger charge is -2.09. The number of allylic oxidation sites excluding steroid dienone is 1. The predicted octanol–water partition coefficient (Wildman–Crippen LogP) is 4.75. The summed E-state index contributed by atoms with van der Waals surface area (Å²) in [4.78, 5) is 12.3. The quantitative estimate of drug-likeness (QED) is 0.634. The Labute approximate surface area is 147 Å². The fraction of sp³-hybridized carbons (Fsp3) is 0.0500. The number of hydrogen-bond donors (Lipinski definition) is 0. The van der Waals surface area contributed by atoms with E-state index in [-0.39, 0.29) is 23.7 Å². The molecule has 6 heteroatoms. The van der Waals surface area contributed by atoms with E-state index in [0.29, 0.717) is 22.8 Å². The van der Waals surface area contributed by atoms with Gasteiger partial charge in [0.2, 0.25) is 5.78 Å². The zero-order valence-electron chi connectivity index (χ0n) is 13.4. The summed E-state index contributed by atoms with van der Waals surface area (Å²) in [5.74, 6) is -0.358. The maximum absolute atomic E-state index is 13.6. The van der Waals surface area contributed by atoms with Crippen LogP contribution in [0.3, 0.4) is 0 Å². The van der Waals surface area contributed by atoms with Crippen LogP contribution in [-0.4, -0.2) is 5.78 Å². The van der Waals surface area contributed by atoms with Gasteiger partial charge in [-0.2, -0.15) is 0 Å². The van der Waals surface area contributed by atoms with E-state index in [4.69, 9.17) is 13.9 Å². The van der Waals surface area contributed by atoms with Crippen LogP contribution in [0.1, 0.15) is 21.7 Å². The zero-order chi connectivity index (χ0) is 18.1. The van der Waals surface area contributed by atoms with Crippen molar-refractivity contribution in [2.45, 2.75) is 6.61 Å². The van der Waals surface area contributed by atoms with Crippen molar-refractivity contribution in [3.05, 3.63) is 89.1 Å². The van der Waals surface area contributed by atoms with Crippen LogP contribution in [0.2, 0.25) is 0 Å². The third-order valence-corrected chi connectivity index (χ3v) is 3.90. The van der Waals surface area contributed by atoms with Crippen molar-refractivity contribution in [2.75, 3.05) is 0 Å². The van der Waals surface area contributed by atoms with Crippen molar-refractivity contribution >= 4 is 11.9 Å². The minimum absolute atomic E-state index is 0.132. The fourth-order valence-corrected chi connectivity index (χ4v) is 2.59. The summed E-state index contributed by atoms with van der Waals surface area (Å²) >= 11 is 0. The molecular weight excluding hydrogens is 342 g/mol. The summed E-state index contributed by atoms with van der Waals surface area (Å²) < 4.78 is 43.5. The number of carbonyl (C=O) groups excluding carboxylic acids is 1. The summed E-state index contributed by atoms with van der Waals surface area (Å²) in [5, 5.41) is 0. The molecule has 0 bridgehead atoms. The second-order valence-electron chi connectivity index (χ2n) is 5.60. The van der Waals surface area contributed by atoms with E-state index in [2.05, 4.69) is 0 Å². The SMILES string of the molecule is O=C1/C(=C/c2ccco2)Oc2cc(OCc3c(F)cccc3F)ccc21. The number of benzene rings is 2. The molecule has 26 heavy (non-hydrogen) atoms. The van der Waals surface area contributed by atoms with Crippen molar-refractivity contribution in [1.82, 2.24) is 0 Å². The van der Waals surface area contributed by atoms with E-state index in [1.165, 1.54) is 24.5 Å². The normalized spacial score (nSPS) is 14.4. The first-order valence-electron chi connectivity index (χ1n) is 7.79. The van der Waals surface area contributed by atoms with Gasteiger partial charge in [-0.3, -0.25) is 4.79 Å². The van der Waals surface area contributed by atoms with Gasteiger partial charge in [0, 0.05) is 12.1 Å². The van der Waals surface area contributed by atoms with E-state index < -0.39 is 11.6 Å². The molecule has 130 valence electrons. The van der Waals surface area contributed by atoms with Crippen molar-refractivity contribution in [2.24, 2.45) is 0 Å². The van der Waals surface area contributed by atoms with Gasteiger partial charge in [-0.25, -0.2) is 8.78 Å². The first-order valence-corrected chi connectivity index (χ1v) is 7.79. The second-order valence-corrected chi connectivity index (χ2v) is 5.60. The largest absolute Gasteiger partial charge is 0.489 e. The molecule has 0 radical (unpaired) electrons. The maximum Gasteiger partial charge on any atom is 0.232 e. The average molecular weight is 354 g/mol. The van der Waals surface area contributed by atoms with E-state index >= 15 is 0 Å². The Morgan fingerprint density at radius 1 is 1.04 bits per heavy atom. The van der Waals surface area contributed by atoms with Gasteiger partial charge in [0.1, 0.15) is 35.5 Å². The summed E-state index contributed by atoms with van der Waals surface area (Å²) in [6.45, 7) is -0.277. The molecule has 1 aromatic heterocycles. The molecule has 0 saturated heterocycles. The van der Waals surface area contributed by atoms with E-state index in [0.717, 1.165) is 12.1 Å². The lowest BCUT2D eigenvalue weighted by molar-refractivity contribution is 0.101. The molecule has 0 N–H and O–H groups in total. The fourth-order valence-electron chi connectivity index (χ4n) is 2.59. The van der Waals surface area contributed by atoms with Crippen molar-refractivity contribution in [3.8, 4) is 11.5 Å². The van der Waals surface area contributed by atoms with Gasteiger partial charge in [0.25, 0.3) is 0 Å². The van der Waals surface area contributed by atoms with Gasteiger partial charge in [0.05, 0.1) is 17.4 Å². The molecule has 1 aliphatic rings. The second kappa shape index (κ2) is 6.48. The number of fused-ring (bicyclic) bond motifs is 1. The number of ether oxygens (including phenoxy) is 2. The zero-order valence-corrected chi connectivity index (χ0v) is 13.4. The Hall–Kier alpha value is -3.41.